The van der Waals surface area contributed by atoms with Crippen molar-refractivity contribution in [3.8, 4) is 0 Å². The highest BCUT2D eigenvalue weighted by atomic mass is 16.3. The van der Waals surface area contributed by atoms with E-state index in [1.165, 1.54) is 0 Å². The largest absolute Gasteiger partial charge is 0.396 e. The molecule has 0 spiro atoms. The van der Waals surface area contributed by atoms with Crippen LogP contribution in [0, 0.1) is 11.8 Å². The standard InChI is InChI=1S/C13H24N2O2/c1-10-12(4-6-14-10)13(17)15-7-2-3-11(9-15)5-8-16/h10-12,14,16H,2-9H2,1H3. The van der Waals surface area contributed by atoms with Gasteiger partial charge in [0.1, 0.15) is 0 Å². The van der Waals surface area contributed by atoms with E-state index in [-0.39, 0.29) is 12.5 Å². The molecule has 17 heavy (non-hydrogen) atoms. The SMILES string of the molecule is CC1NCCC1C(=O)N1CCCC(CCO)C1. The second kappa shape index (κ2) is 5.83. The van der Waals surface area contributed by atoms with Crippen molar-refractivity contribution in [2.24, 2.45) is 11.8 Å². The molecule has 0 aliphatic carbocycles. The Morgan fingerprint density at radius 1 is 1.47 bits per heavy atom. The Labute approximate surface area is 103 Å². The quantitative estimate of drug-likeness (QED) is 0.760. The minimum Gasteiger partial charge on any atom is -0.396 e. The van der Waals surface area contributed by atoms with E-state index in [4.69, 9.17) is 5.11 Å². The average Bonchev–Trinajstić information content (AvgIpc) is 2.75. The summed E-state index contributed by atoms with van der Waals surface area (Å²) in [7, 11) is 0. The topological polar surface area (TPSA) is 52.6 Å². The molecule has 3 atom stereocenters. The van der Waals surface area contributed by atoms with E-state index in [1.54, 1.807) is 0 Å². The summed E-state index contributed by atoms with van der Waals surface area (Å²) in [4.78, 5) is 14.4. The van der Waals surface area contributed by atoms with Crippen LogP contribution < -0.4 is 5.32 Å². The number of hydrogen-bond donors (Lipinski definition) is 2. The maximum atomic E-state index is 12.4. The predicted molar refractivity (Wildman–Crippen MR) is 66.6 cm³/mol. The van der Waals surface area contributed by atoms with E-state index >= 15 is 0 Å². The number of piperidine rings is 1. The number of aliphatic hydroxyl groups is 1. The van der Waals surface area contributed by atoms with Gasteiger partial charge >= 0.3 is 0 Å². The molecule has 2 N–H and O–H groups in total. The van der Waals surface area contributed by atoms with Crippen LogP contribution in [-0.2, 0) is 4.79 Å². The fraction of sp³-hybridized carbons (Fsp3) is 0.923. The monoisotopic (exact) mass is 240 g/mol. The molecule has 0 saturated carbocycles. The van der Waals surface area contributed by atoms with Gasteiger partial charge in [0.15, 0.2) is 0 Å². The van der Waals surface area contributed by atoms with E-state index in [9.17, 15) is 4.79 Å². The number of likely N-dealkylation sites (tertiary alicyclic amines) is 1. The highest BCUT2D eigenvalue weighted by molar-refractivity contribution is 5.80. The Kier molecular flexibility index (Phi) is 4.40. The van der Waals surface area contributed by atoms with Gasteiger partial charge in [-0.05, 0) is 45.1 Å². The molecule has 0 bridgehead atoms. The number of carbonyl (C=O) groups is 1. The molecule has 2 aliphatic rings. The zero-order valence-corrected chi connectivity index (χ0v) is 10.7. The fourth-order valence-electron chi connectivity index (χ4n) is 3.11. The third-order valence-corrected chi connectivity index (χ3v) is 4.21. The lowest BCUT2D eigenvalue weighted by molar-refractivity contribution is -0.137. The molecule has 3 unspecified atom stereocenters. The zero-order valence-electron chi connectivity index (χ0n) is 10.7. The summed E-state index contributed by atoms with van der Waals surface area (Å²) < 4.78 is 0. The van der Waals surface area contributed by atoms with Crippen LogP contribution in [0.4, 0.5) is 0 Å². The third kappa shape index (κ3) is 2.99. The summed E-state index contributed by atoms with van der Waals surface area (Å²) >= 11 is 0. The molecule has 2 rings (SSSR count). The molecule has 4 nitrogen and oxygen atoms in total. The molecule has 98 valence electrons. The van der Waals surface area contributed by atoms with Crippen LogP contribution in [0.5, 0.6) is 0 Å². The first kappa shape index (κ1) is 12.8. The molecule has 1 amide bonds. The zero-order chi connectivity index (χ0) is 12.3. The summed E-state index contributed by atoms with van der Waals surface area (Å²) in [5.74, 6) is 0.996. The van der Waals surface area contributed by atoms with Gasteiger partial charge in [0, 0.05) is 25.7 Å². The Hall–Kier alpha value is -0.610. The van der Waals surface area contributed by atoms with Gasteiger partial charge in [0.25, 0.3) is 0 Å². The van der Waals surface area contributed by atoms with Crippen LogP contribution in [0.1, 0.15) is 32.6 Å². The minimum atomic E-state index is 0.169. The number of rotatable bonds is 3. The average molecular weight is 240 g/mol. The van der Waals surface area contributed by atoms with Gasteiger partial charge in [-0.2, -0.15) is 0 Å². The van der Waals surface area contributed by atoms with Crippen molar-refractivity contribution in [1.82, 2.24) is 10.2 Å². The molecule has 0 radical (unpaired) electrons. The number of carbonyl (C=O) groups excluding carboxylic acids is 1. The Bertz CT molecular complexity index is 268. The Morgan fingerprint density at radius 2 is 2.29 bits per heavy atom. The number of amides is 1. The lowest BCUT2D eigenvalue weighted by Gasteiger charge is -2.34. The molecule has 0 aromatic heterocycles. The van der Waals surface area contributed by atoms with E-state index in [2.05, 4.69) is 12.2 Å². The van der Waals surface area contributed by atoms with Gasteiger partial charge in [-0.25, -0.2) is 0 Å². The second-order valence-electron chi connectivity index (χ2n) is 5.44. The van der Waals surface area contributed by atoms with Gasteiger partial charge < -0.3 is 15.3 Å². The molecule has 4 heteroatoms. The van der Waals surface area contributed by atoms with Crippen LogP contribution in [0.15, 0.2) is 0 Å². The van der Waals surface area contributed by atoms with Gasteiger partial charge in [0.05, 0.1) is 5.92 Å². The Morgan fingerprint density at radius 3 is 2.94 bits per heavy atom. The van der Waals surface area contributed by atoms with Crippen LogP contribution >= 0.6 is 0 Å². The van der Waals surface area contributed by atoms with Crippen molar-refractivity contribution in [2.45, 2.75) is 38.6 Å². The molecule has 2 heterocycles. The van der Waals surface area contributed by atoms with E-state index in [0.29, 0.717) is 17.9 Å². The maximum absolute atomic E-state index is 12.4. The van der Waals surface area contributed by atoms with Crippen molar-refractivity contribution in [3.05, 3.63) is 0 Å². The molecule has 2 saturated heterocycles. The molecular formula is C13H24N2O2. The molecular weight excluding hydrogens is 216 g/mol. The lowest BCUT2D eigenvalue weighted by atomic mass is 9.92. The number of hydrogen-bond acceptors (Lipinski definition) is 3. The van der Waals surface area contributed by atoms with E-state index in [0.717, 1.165) is 45.3 Å². The van der Waals surface area contributed by atoms with Gasteiger partial charge in [-0.15, -0.1) is 0 Å². The number of nitrogens with one attached hydrogen (secondary N) is 1. The second-order valence-corrected chi connectivity index (χ2v) is 5.44. The van der Waals surface area contributed by atoms with Crippen LogP contribution in [-0.4, -0.2) is 48.2 Å². The first-order chi connectivity index (χ1) is 8.22. The Balaban J connectivity index is 1.90. The summed E-state index contributed by atoms with van der Waals surface area (Å²) in [6.45, 7) is 5.07. The lowest BCUT2D eigenvalue weighted by Crippen LogP contribution is -2.45. The van der Waals surface area contributed by atoms with Crippen molar-refractivity contribution in [3.63, 3.8) is 0 Å². The fourth-order valence-corrected chi connectivity index (χ4v) is 3.11. The predicted octanol–water partition coefficient (Wildman–Crippen LogP) is 0.605. The summed E-state index contributed by atoms with van der Waals surface area (Å²) in [5, 5.41) is 12.3. The summed E-state index contributed by atoms with van der Waals surface area (Å²) in [6, 6.07) is 0.320. The normalized spacial score (nSPS) is 34.0. The van der Waals surface area contributed by atoms with Crippen molar-refractivity contribution >= 4 is 5.91 Å². The molecule has 2 aliphatic heterocycles. The minimum absolute atomic E-state index is 0.169. The van der Waals surface area contributed by atoms with Crippen LogP contribution in [0.25, 0.3) is 0 Å². The first-order valence-electron chi connectivity index (χ1n) is 6.85. The van der Waals surface area contributed by atoms with E-state index < -0.39 is 0 Å². The summed E-state index contributed by atoms with van der Waals surface area (Å²) in [5.41, 5.74) is 0. The smallest absolute Gasteiger partial charge is 0.227 e. The van der Waals surface area contributed by atoms with Crippen LogP contribution in [0.3, 0.4) is 0 Å². The van der Waals surface area contributed by atoms with Crippen molar-refractivity contribution < 1.29 is 9.90 Å². The van der Waals surface area contributed by atoms with Crippen molar-refractivity contribution in [1.29, 1.82) is 0 Å². The van der Waals surface area contributed by atoms with Crippen molar-refractivity contribution in [2.75, 3.05) is 26.2 Å². The maximum Gasteiger partial charge on any atom is 0.227 e. The number of nitrogens with zero attached hydrogens (tertiary/aromatic N) is 1. The van der Waals surface area contributed by atoms with E-state index in [1.807, 2.05) is 4.90 Å². The van der Waals surface area contributed by atoms with Gasteiger partial charge in [0.2, 0.25) is 5.91 Å². The van der Waals surface area contributed by atoms with Gasteiger partial charge in [-0.1, -0.05) is 0 Å². The summed E-state index contributed by atoms with van der Waals surface area (Å²) in [6.07, 6.45) is 4.05. The number of aliphatic hydroxyl groups excluding tert-OH is 1. The highest BCUT2D eigenvalue weighted by Crippen LogP contribution is 2.24. The third-order valence-electron chi connectivity index (χ3n) is 4.21. The highest BCUT2D eigenvalue weighted by Gasteiger charge is 2.34. The van der Waals surface area contributed by atoms with Gasteiger partial charge in [-0.3, -0.25) is 4.79 Å². The van der Waals surface area contributed by atoms with Crippen LogP contribution in [0.2, 0.25) is 0 Å². The molecule has 0 aromatic rings. The molecule has 2 fully saturated rings. The first-order valence-corrected chi connectivity index (χ1v) is 6.85. The molecule has 0 aromatic carbocycles.